The van der Waals surface area contributed by atoms with Crippen LogP contribution in [0.4, 0.5) is 5.82 Å². The monoisotopic (exact) mass is 277 g/mol. The standard InChI is InChI=1S/C16H27N3O/c1-3-9-17-12-15-5-4-6-16(18-15)19(2)10-11-20-13-14-7-8-14/h4-6,14,17H,3,7-13H2,1-2H3. The van der Waals surface area contributed by atoms with Gasteiger partial charge in [-0.25, -0.2) is 4.98 Å². The van der Waals surface area contributed by atoms with Crippen molar-refractivity contribution in [1.82, 2.24) is 10.3 Å². The fraction of sp³-hybridized carbons (Fsp3) is 0.688. The van der Waals surface area contributed by atoms with Crippen LogP contribution >= 0.6 is 0 Å². The summed E-state index contributed by atoms with van der Waals surface area (Å²) >= 11 is 0. The van der Waals surface area contributed by atoms with Gasteiger partial charge in [0.25, 0.3) is 0 Å². The van der Waals surface area contributed by atoms with Gasteiger partial charge in [0.05, 0.1) is 12.3 Å². The highest BCUT2D eigenvalue weighted by Crippen LogP contribution is 2.28. The molecule has 1 heterocycles. The first kappa shape index (κ1) is 15.3. The lowest BCUT2D eigenvalue weighted by molar-refractivity contribution is 0.131. The van der Waals surface area contributed by atoms with Crippen LogP contribution in [0.1, 0.15) is 31.9 Å². The molecule has 0 aliphatic heterocycles. The van der Waals surface area contributed by atoms with Crippen molar-refractivity contribution in [3.63, 3.8) is 0 Å². The van der Waals surface area contributed by atoms with Crippen LogP contribution in [-0.4, -0.2) is 38.3 Å². The third-order valence-corrected chi connectivity index (χ3v) is 3.54. The zero-order valence-electron chi connectivity index (χ0n) is 12.8. The Morgan fingerprint density at radius 3 is 3.00 bits per heavy atom. The smallest absolute Gasteiger partial charge is 0.128 e. The first-order chi connectivity index (χ1) is 9.79. The minimum atomic E-state index is 0.785. The Morgan fingerprint density at radius 1 is 1.40 bits per heavy atom. The van der Waals surface area contributed by atoms with E-state index in [0.29, 0.717) is 0 Å². The molecule has 0 amide bonds. The van der Waals surface area contributed by atoms with E-state index in [1.54, 1.807) is 0 Å². The summed E-state index contributed by atoms with van der Waals surface area (Å²) in [6, 6.07) is 6.21. The number of nitrogens with one attached hydrogen (secondary N) is 1. The summed E-state index contributed by atoms with van der Waals surface area (Å²) < 4.78 is 5.68. The highest BCUT2D eigenvalue weighted by atomic mass is 16.5. The SMILES string of the molecule is CCCNCc1cccc(N(C)CCOCC2CC2)n1. The molecule has 1 saturated carbocycles. The molecule has 1 aromatic heterocycles. The van der Waals surface area contributed by atoms with Crippen molar-refractivity contribution in [3.8, 4) is 0 Å². The Hall–Kier alpha value is -1.13. The van der Waals surface area contributed by atoms with Crippen LogP contribution in [0.5, 0.6) is 0 Å². The number of rotatable bonds is 10. The molecule has 0 bridgehead atoms. The summed E-state index contributed by atoms with van der Waals surface area (Å²) in [7, 11) is 2.08. The van der Waals surface area contributed by atoms with Gasteiger partial charge in [-0.05, 0) is 43.9 Å². The largest absolute Gasteiger partial charge is 0.379 e. The Kier molecular flexibility index (Phi) is 6.27. The van der Waals surface area contributed by atoms with E-state index >= 15 is 0 Å². The van der Waals surface area contributed by atoms with Crippen LogP contribution in [0.3, 0.4) is 0 Å². The minimum Gasteiger partial charge on any atom is -0.379 e. The van der Waals surface area contributed by atoms with Gasteiger partial charge in [0.1, 0.15) is 5.82 Å². The van der Waals surface area contributed by atoms with E-state index < -0.39 is 0 Å². The molecule has 1 aliphatic carbocycles. The molecule has 0 unspecified atom stereocenters. The van der Waals surface area contributed by atoms with Gasteiger partial charge in [0.2, 0.25) is 0 Å². The van der Waals surface area contributed by atoms with E-state index in [4.69, 9.17) is 4.74 Å². The maximum Gasteiger partial charge on any atom is 0.128 e. The summed E-state index contributed by atoms with van der Waals surface area (Å²) in [6.07, 6.45) is 3.85. The molecular weight excluding hydrogens is 250 g/mol. The summed E-state index contributed by atoms with van der Waals surface area (Å²) in [4.78, 5) is 6.84. The number of hydrogen-bond acceptors (Lipinski definition) is 4. The van der Waals surface area contributed by atoms with Crippen LogP contribution in [-0.2, 0) is 11.3 Å². The number of nitrogens with zero attached hydrogens (tertiary/aromatic N) is 2. The summed E-state index contributed by atoms with van der Waals surface area (Å²) in [5, 5.41) is 3.38. The van der Waals surface area contributed by atoms with Crippen molar-refractivity contribution < 1.29 is 4.74 Å². The highest BCUT2D eigenvalue weighted by molar-refractivity contribution is 5.38. The molecule has 4 nitrogen and oxygen atoms in total. The topological polar surface area (TPSA) is 37.4 Å². The first-order valence-corrected chi connectivity index (χ1v) is 7.75. The molecule has 20 heavy (non-hydrogen) atoms. The van der Waals surface area contributed by atoms with Crippen molar-refractivity contribution in [2.24, 2.45) is 5.92 Å². The van der Waals surface area contributed by atoms with Gasteiger partial charge in [0.15, 0.2) is 0 Å². The molecule has 112 valence electrons. The van der Waals surface area contributed by atoms with Gasteiger partial charge in [0, 0.05) is 26.7 Å². The molecule has 0 saturated heterocycles. The van der Waals surface area contributed by atoms with Gasteiger partial charge in [-0.1, -0.05) is 13.0 Å². The molecule has 1 aliphatic rings. The molecule has 2 rings (SSSR count). The average molecular weight is 277 g/mol. The molecule has 1 aromatic rings. The second kappa shape index (κ2) is 8.22. The van der Waals surface area contributed by atoms with Gasteiger partial charge < -0.3 is 15.0 Å². The van der Waals surface area contributed by atoms with Crippen molar-refractivity contribution in [2.45, 2.75) is 32.7 Å². The number of pyridine rings is 1. The maximum absolute atomic E-state index is 5.68. The molecule has 0 spiro atoms. The molecule has 0 aromatic carbocycles. The second-order valence-corrected chi connectivity index (χ2v) is 5.60. The summed E-state index contributed by atoms with van der Waals surface area (Å²) in [5.41, 5.74) is 1.10. The number of hydrogen-bond donors (Lipinski definition) is 1. The number of likely N-dealkylation sites (N-methyl/N-ethyl adjacent to an activating group) is 1. The Labute approximate surface area is 122 Å². The van der Waals surface area contributed by atoms with Crippen molar-refractivity contribution >= 4 is 5.82 Å². The summed E-state index contributed by atoms with van der Waals surface area (Å²) in [5.74, 6) is 1.86. The van der Waals surface area contributed by atoms with Crippen LogP contribution < -0.4 is 10.2 Å². The number of ether oxygens (including phenoxy) is 1. The lowest BCUT2D eigenvalue weighted by atomic mass is 10.3. The van der Waals surface area contributed by atoms with E-state index in [0.717, 1.165) is 56.7 Å². The van der Waals surface area contributed by atoms with Crippen LogP contribution in [0.2, 0.25) is 0 Å². The number of aromatic nitrogens is 1. The predicted octanol–water partition coefficient (Wildman–Crippen LogP) is 2.44. The summed E-state index contributed by atoms with van der Waals surface area (Å²) in [6.45, 7) is 6.66. The lowest BCUT2D eigenvalue weighted by Gasteiger charge is -2.19. The zero-order valence-corrected chi connectivity index (χ0v) is 12.8. The second-order valence-electron chi connectivity index (χ2n) is 5.60. The fourth-order valence-electron chi connectivity index (χ4n) is 2.02. The highest BCUT2D eigenvalue weighted by Gasteiger charge is 2.20. The fourth-order valence-corrected chi connectivity index (χ4v) is 2.02. The lowest BCUT2D eigenvalue weighted by Crippen LogP contribution is -2.24. The van der Waals surface area contributed by atoms with Crippen molar-refractivity contribution in [3.05, 3.63) is 23.9 Å². The maximum atomic E-state index is 5.68. The predicted molar refractivity (Wildman–Crippen MR) is 83.0 cm³/mol. The quantitative estimate of drug-likeness (QED) is 0.667. The van der Waals surface area contributed by atoms with Gasteiger partial charge in [-0.2, -0.15) is 0 Å². The molecular formula is C16H27N3O. The normalized spacial score (nSPS) is 14.5. The van der Waals surface area contributed by atoms with E-state index in [1.807, 2.05) is 0 Å². The Morgan fingerprint density at radius 2 is 2.25 bits per heavy atom. The third-order valence-electron chi connectivity index (χ3n) is 3.54. The van der Waals surface area contributed by atoms with Crippen LogP contribution in [0, 0.1) is 5.92 Å². The van der Waals surface area contributed by atoms with Gasteiger partial charge >= 0.3 is 0 Å². The van der Waals surface area contributed by atoms with Crippen LogP contribution in [0.15, 0.2) is 18.2 Å². The Balaban J connectivity index is 1.72. The van der Waals surface area contributed by atoms with Crippen molar-refractivity contribution in [2.75, 3.05) is 38.3 Å². The first-order valence-electron chi connectivity index (χ1n) is 7.75. The molecule has 4 heteroatoms. The Bertz CT molecular complexity index is 393. The van der Waals surface area contributed by atoms with E-state index in [2.05, 4.69) is 47.4 Å². The van der Waals surface area contributed by atoms with E-state index in [9.17, 15) is 0 Å². The van der Waals surface area contributed by atoms with Crippen LogP contribution in [0.25, 0.3) is 0 Å². The van der Waals surface area contributed by atoms with Crippen molar-refractivity contribution in [1.29, 1.82) is 0 Å². The van der Waals surface area contributed by atoms with E-state index in [1.165, 1.54) is 12.8 Å². The molecule has 1 fully saturated rings. The average Bonchev–Trinajstić information content (AvgIpc) is 3.28. The van der Waals surface area contributed by atoms with Gasteiger partial charge in [-0.3, -0.25) is 0 Å². The molecule has 0 atom stereocenters. The third kappa shape index (κ3) is 5.47. The molecule has 0 radical (unpaired) electrons. The zero-order chi connectivity index (χ0) is 14.2. The number of anilines is 1. The van der Waals surface area contributed by atoms with E-state index in [-0.39, 0.29) is 0 Å². The minimum absolute atomic E-state index is 0.785. The molecule has 1 N–H and O–H groups in total. The van der Waals surface area contributed by atoms with Gasteiger partial charge in [-0.15, -0.1) is 0 Å².